The molecule has 6 N–H and O–H groups in total. The second kappa shape index (κ2) is 9.45. The number of carbonyl (C=O) groups is 1. The number of nitrogens with two attached hydrogens (primary N) is 3. The van der Waals surface area contributed by atoms with Gasteiger partial charge in [-0.2, -0.15) is 5.10 Å². The molecule has 4 rings (SSSR count). The largest absolute Gasteiger partial charge is 0.366 e. The number of hydrogen-bond donors (Lipinski definition) is 3. The Morgan fingerprint density at radius 1 is 0.914 bits per heavy atom. The van der Waals surface area contributed by atoms with E-state index in [4.69, 9.17) is 16.7 Å². The predicted octanol–water partition coefficient (Wildman–Crippen LogP) is 3.26. The van der Waals surface area contributed by atoms with Gasteiger partial charge in [-0.05, 0) is 52.6 Å². The number of benzene rings is 3. The SMILES string of the molecule is NN=Cc1cccc(-c2nccc(-c3ccc(-c4cc(F)ccc4S(N)(=O)=O)cc3)c2C(N)=O)c1. The van der Waals surface area contributed by atoms with Gasteiger partial charge in [-0.1, -0.05) is 42.5 Å². The lowest BCUT2D eigenvalue weighted by molar-refractivity contribution is 0.100. The molecule has 0 saturated carbocycles. The van der Waals surface area contributed by atoms with Crippen LogP contribution in [0, 0.1) is 5.82 Å². The smallest absolute Gasteiger partial charge is 0.251 e. The summed E-state index contributed by atoms with van der Waals surface area (Å²) >= 11 is 0. The van der Waals surface area contributed by atoms with E-state index in [9.17, 15) is 17.6 Å². The van der Waals surface area contributed by atoms with Crippen molar-refractivity contribution in [3.8, 4) is 33.5 Å². The molecule has 0 aliphatic rings. The molecule has 0 aliphatic heterocycles. The molecular formula is C25H20FN5O3S. The number of primary amides is 1. The Balaban J connectivity index is 1.83. The Labute approximate surface area is 201 Å². The first-order chi connectivity index (χ1) is 16.7. The molecule has 0 spiro atoms. The standard InChI is InChI=1S/C25H20FN5O3S/c26-19-8-9-22(35(29,33)34)21(13-19)17-6-4-16(5-7-17)20-10-11-30-24(23(20)25(27)32)18-3-1-2-15(12-18)14-31-28/h1-14H,28H2,(H2,27,32)(H2,29,33,34). The normalized spacial score (nSPS) is 11.6. The highest BCUT2D eigenvalue weighted by Gasteiger charge is 2.19. The lowest BCUT2D eigenvalue weighted by Crippen LogP contribution is -2.15. The lowest BCUT2D eigenvalue weighted by atomic mass is 9.94. The van der Waals surface area contributed by atoms with E-state index >= 15 is 0 Å². The van der Waals surface area contributed by atoms with Crippen LogP contribution < -0.4 is 16.7 Å². The minimum Gasteiger partial charge on any atom is -0.366 e. The zero-order chi connectivity index (χ0) is 25.2. The lowest BCUT2D eigenvalue weighted by Gasteiger charge is -2.13. The summed E-state index contributed by atoms with van der Waals surface area (Å²) in [6.07, 6.45) is 3.03. The van der Waals surface area contributed by atoms with Gasteiger partial charge in [0.2, 0.25) is 10.0 Å². The molecule has 1 amide bonds. The van der Waals surface area contributed by atoms with E-state index in [1.54, 1.807) is 60.8 Å². The van der Waals surface area contributed by atoms with Gasteiger partial charge in [0.05, 0.1) is 22.4 Å². The predicted molar refractivity (Wildman–Crippen MR) is 132 cm³/mol. The van der Waals surface area contributed by atoms with Gasteiger partial charge in [0, 0.05) is 17.3 Å². The molecule has 0 bridgehead atoms. The third kappa shape index (κ3) is 4.93. The Bertz CT molecular complexity index is 1570. The quantitative estimate of drug-likeness (QED) is 0.215. The van der Waals surface area contributed by atoms with Gasteiger partial charge in [-0.15, -0.1) is 0 Å². The first kappa shape index (κ1) is 23.7. The van der Waals surface area contributed by atoms with Crippen LogP contribution in [0.4, 0.5) is 4.39 Å². The first-order valence-corrected chi connectivity index (χ1v) is 11.8. The molecular weight excluding hydrogens is 469 g/mol. The summed E-state index contributed by atoms with van der Waals surface area (Å²) in [5, 5.41) is 8.81. The van der Waals surface area contributed by atoms with Gasteiger partial charge in [0.1, 0.15) is 5.82 Å². The van der Waals surface area contributed by atoms with Crippen molar-refractivity contribution in [1.29, 1.82) is 0 Å². The van der Waals surface area contributed by atoms with E-state index in [1.165, 1.54) is 6.21 Å². The van der Waals surface area contributed by atoms with Crippen LogP contribution in [-0.4, -0.2) is 25.5 Å². The molecule has 4 aromatic rings. The van der Waals surface area contributed by atoms with Gasteiger partial charge in [-0.3, -0.25) is 9.78 Å². The van der Waals surface area contributed by atoms with E-state index in [1.807, 2.05) is 0 Å². The Hall–Kier alpha value is -4.41. The number of pyridine rings is 1. The molecule has 1 heterocycles. The number of primary sulfonamides is 1. The zero-order valence-electron chi connectivity index (χ0n) is 18.2. The molecule has 35 heavy (non-hydrogen) atoms. The molecule has 0 unspecified atom stereocenters. The van der Waals surface area contributed by atoms with E-state index in [2.05, 4.69) is 10.1 Å². The van der Waals surface area contributed by atoms with Crippen LogP contribution in [-0.2, 0) is 10.0 Å². The summed E-state index contributed by atoms with van der Waals surface area (Å²) in [7, 11) is -4.08. The summed E-state index contributed by atoms with van der Waals surface area (Å²) in [5.41, 5.74) is 9.41. The van der Waals surface area contributed by atoms with Crippen molar-refractivity contribution in [3.63, 3.8) is 0 Å². The highest BCUT2D eigenvalue weighted by Crippen LogP contribution is 2.33. The second-order valence-electron chi connectivity index (χ2n) is 7.61. The summed E-state index contributed by atoms with van der Waals surface area (Å²) < 4.78 is 37.8. The minimum atomic E-state index is -4.08. The molecule has 1 aromatic heterocycles. The van der Waals surface area contributed by atoms with Crippen molar-refractivity contribution >= 4 is 22.1 Å². The second-order valence-corrected chi connectivity index (χ2v) is 9.14. The van der Waals surface area contributed by atoms with Crippen molar-refractivity contribution in [2.45, 2.75) is 4.90 Å². The Kier molecular flexibility index (Phi) is 6.41. The molecule has 10 heteroatoms. The van der Waals surface area contributed by atoms with E-state index in [0.29, 0.717) is 27.9 Å². The molecule has 0 saturated heterocycles. The van der Waals surface area contributed by atoms with Gasteiger partial charge < -0.3 is 11.6 Å². The van der Waals surface area contributed by atoms with Crippen LogP contribution in [0.25, 0.3) is 33.5 Å². The summed E-state index contributed by atoms with van der Waals surface area (Å²) in [4.78, 5) is 16.7. The fourth-order valence-electron chi connectivity index (χ4n) is 3.83. The number of carbonyl (C=O) groups excluding carboxylic acids is 1. The van der Waals surface area contributed by atoms with Crippen molar-refractivity contribution in [1.82, 2.24) is 4.98 Å². The van der Waals surface area contributed by atoms with Gasteiger partial charge >= 0.3 is 0 Å². The third-order valence-corrected chi connectivity index (χ3v) is 6.31. The van der Waals surface area contributed by atoms with Gasteiger partial charge in [-0.25, -0.2) is 17.9 Å². The highest BCUT2D eigenvalue weighted by atomic mass is 32.2. The maximum absolute atomic E-state index is 13.9. The maximum Gasteiger partial charge on any atom is 0.251 e. The van der Waals surface area contributed by atoms with Crippen LogP contribution in [0.15, 0.2) is 89.0 Å². The first-order valence-electron chi connectivity index (χ1n) is 10.2. The summed E-state index contributed by atoms with van der Waals surface area (Å²) in [5.74, 6) is 3.96. The fraction of sp³-hybridized carbons (Fsp3) is 0. The van der Waals surface area contributed by atoms with E-state index in [-0.39, 0.29) is 16.0 Å². The molecule has 0 aliphatic carbocycles. The van der Waals surface area contributed by atoms with Crippen molar-refractivity contribution in [2.24, 2.45) is 21.8 Å². The molecule has 3 aromatic carbocycles. The van der Waals surface area contributed by atoms with Crippen LogP contribution in [0.2, 0.25) is 0 Å². The molecule has 176 valence electrons. The number of hydrogen-bond acceptors (Lipinski definition) is 6. The third-order valence-electron chi connectivity index (χ3n) is 5.34. The van der Waals surface area contributed by atoms with Gasteiger partial charge in [0.25, 0.3) is 5.91 Å². The molecule has 8 nitrogen and oxygen atoms in total. The topological polar surface area (TPSA) is 155 Å². The van der Waals surface area contributed by atoms with Crippen molar-refractivity contribution in [2.75, 3.05) is 0 Å². The number of hydrazone groups is 1. The van der Waals surface area contributed by atoms with Crippen LogP contribution in [0.5, 0.6) is 0 Å². The number of halogens is 1. The van der Waals surface area contributed by atoms with Crippen LogP contribution in [0.1, 0.15) is 15.9 Å². The fourth-order valence-corrected chi connectivity index (χ4v) is 4.57. The molecule has 0 fully saturated rings. The van der Waals surface area contributed by atoms with Crippen LogP contribution >= 0.6 is 0 Å². The number of nitrogens with zero attached hydrogens (tertiary/aromatic N) is 2. The number of rotatable bonds is 6. The highest BCUT2D eigenvalue weighted by molar-refractivity contribution is 7.89. The van der Waals surface area contributed by atoms with Crippen molar-refractivity contribution in [3.05, 3.63) is 95.9 Å². The maximum atomic E-state index is 13.9. The Morgan fingerprint density at radius 3 is 2.23 bits per heavy atom. The average Bonchev–Trinajstić information content (AvgIpc) is 2.83. The number of amides is 1. The number of sulfonamides is 1. The zero-order valence-corrected chi connectivity index (χ0v) is 19.0. The van der Waals surface area contributed by atoms with E-state index < -0.39 is 21.7 Å². The van der Waals surface area contributed by atoms with Crippen LogP contribution in [0.3, 0.4) is 0 Å². The Morgan fingerprint density at radius 2 is 1.60 bits per heavy atom. The van der Waals surface area contributed by atoms with Crippen molar-refractivity contribution < 1.29 is 17.6 Å². The summed E-state index contributed by atoms with van der Waals surface area (Å²) in [6, 6.07) is 18.6. The number of aromatic nitrogens is 1. The van der Waals surface area contributed by atoms with Gasteiger partial charge in [0.15, 0.2) is 0 Å². The minimum absolute atomic E-state index is 0.128. The summed E-state index contributed by atoms with van der Waals surface area (Å²) in [6.45, 7) is 0. The molecule has 0 radical (unpaired) electrons. The average molecular weight is 490 g/mol. The molecule has 0 atom stereocenters. The van der Waals surface area contributed by atoms with E-state index in [0.717, 1.165) is 23.8 Å². The monoisotopic (exact) mass is 489 g/mol.